The van der Waals surface area contributed by atoms with Gasteiger partial charge in [-0.25, -0.2) is 4.98 Å². The van der Waals surface area contributed by atoms with Crippen molar-refractivity contribution < 1.29 is 9.90 Å². The molecule has 0 bridgehead atoms. The molecule has 2 heterocycles. The van der Waals surface area contributed by atoms with Gasteiger partial charge in [0.25, 0.3) is 0 Å². The summed E-state index contributed by atoms with van der Waals surface area (Å²) in [6, 6.07) is 14.1. The normalized spacial score (nSPS) is 10.8. The molecule has 0 atom stereocenters. The number of carboxylic acid groups (broad SMARTS) is 1. The van der Waals surface area contributed by atoms with Crippen LogP contribution >= 0.6 is 0 Å². The van der Waals surface area contributed by atoms with Crippen LogP contribution in [0.15, 0.2) is 55.0 Å². The van der Waals surface area contributed by atoms with E-state index in [1.807, 2.05) is 53.1 Å². The number of imidazole rings is 1. The summed E-state index contributed by atoms with van der Waals surface area (Å²) in [7, 11) is 0. The van der Waals surface area contributed by atoms with Crippen molar-refractivity contribution in [3.05, 3.63) is 60.6 Å². The van der Waals surface area contributed by atoms with E-state index in [0.717, 1.165) is 22.3 Å². The third kappa shape index (κ3) is 2.40. The summed E-state index contributed by atoms with van der Waals surface area (Å²) in [5.41, 5.74) is 4.25. The van der Waals surface area contributed by atoms with Crippen molar-refractivity contribution in [3.8, 4) is 11.3 Å². The fraction of sp³-hybridized carbons (Fsp3) is 0.125. The number of carboxylic acids is 1. The van der Waals surface area contributed by atoms with Gasteiger partial charge in [0.15, 0.2) is 0 Å². The van der Waals surface area contributed by atoms with E-state index in [-0.39, 0.29) is 6.42 Å². The maximum atomic E-state index is 10.6. The number of nitrogens with zero attached hydrogens (tertiary/aromatic N) is 2. The summed E-state index contributed by atoms with van der Waals surface area (Å²) >= 11 is 0. The largest absolute Gasteiger partial charge is 0.481 e. The van der Waals surface area contributed by atoms with E-state index in [4.69, 9.17) is 5.11 Å². The Labute approximate surface area is 116 Å². The molecule has 4 nitrogen and oxygen atoms in total. The van der Waals surface area contributed by atoms with E-state index in [9.17, 15) is 4.79 Å². The van der Waals surface area contributed by atoms with E-state index in [1.54, 1.807) is 6.33 Å². The lowest BCUT2D eigenvalue weighted by molar-refractivity contribution is -0.136. The molecule has 0 unspecified atom stereocenters. The molecule has 3 aromatic rings. The van der Waals surface area contributed by atoms with Crippen LogP contribution in [0.25, 0.3) is 16.8 Å². The Morgan fingerprint density at radius 1 is 1.15 bits per heavy atom. The first-order valence-corrected chi connectivity index (χ1v) is 6.46. The molecule has 0 aliphatic heterocycles. The van der Waals surface area contributed by atoms with Gasteiger partial charge < -0.3 is 5.11 Å². The first-order valence-electron chi connectivity index (χ1n) is 6.46. The molecule has 0 fully saturated rings. The second-order valence-electron chi connectivity index (χ2n) is 4.69. The van der Waals surface area contributed by atoms with Gasteiger partial charge in [-0.15, -0.1) is 0 Å². The molecule has 0 spiro atoms. The molecular formula is C16H14N2O2. The highest BCUT2D eigenvalue weighted by Crippen LogP contribution is 2.21. The number of aliphatic carboxylic acids is 1. The third-order valence-electron chi connectivity index (χ3n) is 3.32. The van der Waals surface area contributed by atoms with Crippen LogP contribution in [0.5, 0.6) is 0 Å². The lowest BCUT2D eigenvalue weighted by Gasteiger charge is -2.07. The predicted molar refractivity (Wildman–Crippen MR) is 76.6 cm³/mol. The monoisotopic (exact) mass is 266 g/mol. The second-order valence-corrected chi connectivity index (χ2v) is 4.69. The zero-order valence-electron chi connectivity index (χ0n) is 10.9. The van der Waals surface area contributed by atoms with Gasteiger partial charge in [-0.3, -0.25) is 9.20 Å². The predicted octanol–water partition coefficient (Wildman–Crippen LogP) is 3.02. The van der Waals surface area contributed by atoms with Crippen LogP contribution in [0.4, 0.5) is 0 Å². The van der Waals surface area contributed by atoms with Crippen molar-refractivity contribution in [3.63, 3.8) is 0 Å². The molecule has 0 radical (unpaired) electrons. The Bertz CT molecular complexity index is 745. The molecule has 4 heteroatoms. The highest BCUT2D eigenvalue weighted by molar-refractivity contribution is 5.67. The standard InChI is InChI=1S/C16H14N2O2/c19-16(20)9-6-12-4-7-13(8-5-12)15-3-1-2-14-10-17-11-18(14)15/h1-5,7-8,10-11H,6,9H2,(H,19,20). The number of carbonyl (C=O) groups is 1. The molecule has 100 valence electrons. The quantitative estimate of drug-likeness (QED) is 0.789. The Balaban J connectivity index is 1.91. The summed E-state index contributed by atoms with van der Waals surface area (Å²) < 4.78 is 2.03. The number of fused-ring (bicyclic) bond motifs is 1. The van der Waals surface area contributed by atoms with Gasteiger partial charge in [-0.2, -0.15) is 0 Å². The average molecular weight is 266 g/mol. The fourth-order valence-electron chi connectivity index (χ4n) is 2.28. The highest BCUT2D eigenvalue weighted by Gasteiger charge is 2.04. The van der Waals surface area contributed by atoms with Gasteiger partial charge in [0.2, 0.25) is 0 Å². The number of hydrogen-bond acceptors (Lipinski definition) is 2. The highest BCUT2D eigenvalue weighted by atomic mass is 16.4. The average Bonchev–Trinajstić information content (AvgIpc) is 2.94. The van der Waals surface area contributed by atoms with E-state index in [1.165, 1.54) is 0 Å². The number of benzene rings is 1. The van der Waals surface area contributed by atoms with Gasteiger partial charge >= 0.3 is 5.97 Å². The van der Waals surface area contributed by atoms with E-state index in [0.29, 0.717) is 6.42 Å². The van der Waals surface area contributed by atoms with Gasteiger partial charge in [0.1, 0.15) is 0 Å². The topological polar surface area (TPSA) is 54.6 Å². The van der Waals surface area contributed by atoms with Gasteiger partial charge in [-0.1, -0.05) is 30.3 Å². The van der Waals surface area contributed by atoms with Crippen LogP contribution in [-0.2, 0) is 11.2 Å². The Hall–Kier alpha value is -2.62. The third-order valence-corrected chi connectivity index (χ3v) is 3.32. The summed E-state index contributed by atoms with van der Waals surface area (Å²) in [5.74, 6) is -0.766. The minimum atomic E-state index is -0.766. The summed E-state index contributed by atoms with van der Waals surface area (Å²) in [5, 5.41) is 8.69. The van der Waals surface area contributed by atoms with Crippen molar-refractivity contribution >= 4 is 11.5 Å². The maximum absolute atomic E-state index is 10.6. The van der Waals surface area contributed by atoms with Crippen LogP contribution < -0.4 is 0 Å². The minimum Gasteiger partial charge on any atom is -0.481 e. The molecule has 2 aromatic heterocycles. The minimum absolute atomic E-state index is 0.163. The lowest BCUT2D eigenvalue weighted by Crippen LogP contribution is -1.97. The Kier molecular flexibility index (Phi) is 3.21. The molecular weight excluding hydrogens is 252 g/mol. The van der Waals surface area contributed by atoms with Crippen molar-refractivity contribution in [2.24, 2.45) is 0 Å². The van der Waals surface area contributed by atoms with Crippen LogP contribution in [-0.4, -0.2) is 20.5 Å². The SMILES string of the molecule is O=C(O)CCc1ccc(-c2cccc3cncn23)cc1. The molecule has 0 saturated carbocycles. The van der Waals surface area contributed by atoms with Crippen LogP contribution in [0.2, 0.25) is 0 Å². The van der Waals surface area contributed by atoms with Crippen molar-refractivity contribution in [2.75, 3.05) is 0 Å². The molecule has 0 aliphatic rings. The second kappa shape index (κ2) is 5.17. The number of hydrogen-bond donors (Lipinski definition) is 1. The fourth-order valence-corrected chi connectivity index (χ4v) is 2.28. The zero-order valence-corrected chi connectivity index (χ0v) is 10.9. The first-order chi connectivity index (χ1) is 9.74. The Morgan fingerprint density at radius 2 is 1.95 bits per heavy atom. The molecule has 0 amide bonds. The number of rotatable bonds is 4. The van der Waals surface area contributed by atoms with Crippen LogP contribution in [0, 0.1) is 0 Å². The van der Waals surface area contributed by atoms with Gasteiger partial charge in [0, 0.05) is 6.42 Å². The van der Waals surface area contributed by atoms with E-state index in [2.05, 4.69) is 4.98 Å². The molecule has 3 rings (SSSR count). The summed E-state index contributed by atoms with van der Waals surface area (Å²) in [6.07, 6.45) is 4.34. The molecule has 0 saturated heterocycles. The van der Waals surface area contributed by atoms with Crippen molar-refractivity contribution in [1.29, 1.82) is 0 Å². The maximum Gasteiger partial charge on any atom is 0.303 e. The number of aromatic nitrogens is 2. The summed E-state index contributed by atoms with van der Waals surface area (Å²) in [6.45, 7) is 0. The first kappa shape index (κ1) is 12.4. The molecule has 1 N–H and O–H groups in total. The number of aryl methyl sites for hydroxylation is 1. The Morgan fingerprint density at radius 3 is 2.70 bits per heavy atom. The van der Waals surface area contributed by atoms with Crippen molar-refractivity contribution in [1.82, 2.24) is 9.38 Å². The smallest absolute Gasteiger partial charge is 0.303 e. The van der Waals surface area contributed by atoms with E-state index >= 15 is 0 Å². The van der Waals surface area contributed by atoms with E-state index < -0.39 is 5.97 Å². The van der Waals surface area contributed by atoms with Crippen LogP contribution in [0.3, 0.4) is 0 Å². The zero-order chi connectivity index (χ0) is 13.9. The van der Waals surface area contributed by atoms with Crippen molar-refractivity contribution in [2.45, 2.75) is 12.8 Å². The number of pyridine rings is 1. The molecule has 1 aromatic carbocycles. The molecule has 0 aliphatic carbocycles. The van der Waals surface area contributed by atoms with Crippen LogP contribution in [0.1, 0.15) is 12.0 Å². The lowest BCUT2D eigenvalue weighted by atomic mass is 10.1. The van der Waals surface area contributed by atoms with Gasteiger partial charge in [-0.05, 0) is 29.7 Å². The molecule has 20 heavy (non-hydrogen) atoms. The van der Waals surface area contributed by atoms with Gasteiger partial charge in [0.05, 0.1) is 23.7 Å². The summed E-state index contributed by atoms with van der Waals surface area (Å²) in [4.78, 5) is 14.7.